The number of nitrogens with two attached hydrogens (primary N) is 1. The van der Waals surface area contributed by atoms with Crippen molar-refractivity contribution in [3.8, 4) is 0 Å². The molecule has 0 amide bonds. The van der Waals surface area contributed by atoms with Gasteiger partial charge in [0, 0.05) is 0 Å². The lowest BCUT2D eigenvalue weighted by Crippen LogP contribution is -2.55. The lowest BCUT2D eigenvalue weighted by molar-refractivity contribution is -0.136. The molecule has 1 aliphatic rings. The van der Waals surface area contributed by atoms with Crippen molar-refractivity contribution in [2.75, 3.05) is 6.61 Å². The second-order valence-corrected chi connectivity index (χ2v) is 2.68. The van der Waals surface area contributed by atoms with E-state index in [1.54, 1.807) is 6.92 Å². The maximum absolute atomic E-state index is 9.16. The van der Waals surface area contributed by atoms with E-state index in [4.69, 9.17) is 20.7 Å². The van der Waals surface area contributed by atoms with Crippen LogP contribution in [0.2, 0.25) is 0 Å². The SMILES string of the molecule is CC.C[C@@H]1OC[C@H](N)C(O)C1O. The molecule has 0 radical (unpaired) electrons. The molecule has 0 aromatic heterocycles. The van der Waals surface area contributed by atoms with Crippen LogP contribution in [0.5, 0.6) is 0 Å². The van der Waals surface area contributed by atoms with Crippen molar-refractivity contribution < 1.29 is 14.9 Å². The van der Waals surface area contributed by atoms with Gasteiger partial charge >= 0.3 is 0 Å². The van der Waals surface area contributed by atoms with Gasteiger partial charge in [0.2, 0.25) is 0 Å². The van der Waals surface area contributed by atoms with Crippen molar-refractivity contribution in [3.05, 3.63) is 0 Å². The highest BCUT2D eigenvalue weighted by atomic mass is 16.5. The molecule has 1 heterocycles. The highest BCUT2D eigenvalue weighted by Gasteiger charge is 2.33. The van der Waals surface area contributed by atoms with Crippen LogP contribution in [-0.4, -0.2) is 41.2 Å². The summed E-state index contributed by atoms with van der Waals surface area (Å²) in [4.78, 5) is 0. The minimum Gasteiger partial charge on any atom is -0.389 e. The summed E-state index contributed by atoms with van der Waals surface area (Å²) in [6.45, 7) is 6.03. The topological polar surface area (TPSA) is 75.7 Å². The first-order valence-corrected chi connectivity index (χ1v) is 4.36. The van der Waals surface area contributed by atoms with Gasteiger partial charge in [-0.2, -0.15) is 0 Å². The molecular formula is C8H19NO3. The molecule has 0 saturated carbocycles. The average molecular weight is 177 g/mol. The Balaban J connectivity index is 0.000000561. The Morgan fingerprint density at radius 2 is 1.75 bits per heavy atom. The van der Waals surface area contributed by atoms with Gasteiger partial charge in [0.1, 0.15) is 6.10 Å². The molecule has 0 aromatic rings. The van der Waals surface area contributed by atoms with Crippen molar-refractivity contribution in [2.24, 2.45) is 5.73 Å². The van der Waals surface area contributed by atoms with E-state index in [9.17, 15) is 0 Å². The third kappa shape index (κ3) is 2.71. The highest BCUT2D eigenvalue weighted by Crippen LogP contribution is 2.12. The molecule has 12 heavy (non-hydrogen) atoms. The minimum absolute atomic E-state index is 0.310. The fourth-order valence-corrected chi connectivity index (χ4v) is 0.991. The number of rotatable bonds is 0. The Labute approximate surface area is 73.3 Å². The molecule has 0 spiro atoms. The summed E-state index contributed by atoms with van der Waals surface area (Å²) in [7, 11) is 0. The number of hydrogen-bond donors (Lipinski definition) is 3. The molecule has 2 unspecified atom stereocenters. The summed E-state index contributed by atoms with van der Waals surface area (Å²) in [5, 5.41) is 18.3. The van der Waals surface area contributed by atoms with Crippen LogP contribution >= 0.6 is 0 Å². The minimum atomic E-state index is -0.844. The van der Waals surface area contributed by atoms with E-state index in [-0.39, 0.29) is 6.10 Å². The molecule has 1 rings (SSSR count). The quantitative estimate of drug-likeness (QED) is 0.465. The maximum Gasteiger partial charge on any atom is 0.107 e. The van der Waals surface area contributed by atoms with Crippen LogP contribution in [0.15, 0.2) is 0 Å². The fraction of sp³-hybridized carbons (Fsp3) is 1.00. The second kappa shape index (κ2) is 5.48. The van der Waals surface area contributed by atoms with Crippen molar-refractivity contribution in [1.82, 2.24) is 0 Å². The van der Waals surface area contributed by atoms with Gasteiger partial charge in [0.05, 0.1) is 24.9 Å². The number of aliphatic hydroxyl groups is 2. The van der Waals surface area contributed by atoms with Crippen LogP contribution in [0.3, 0.4) is 0 Å². The van der Waals surface area contributed by atoms with Crippen LogP contribution < -0.4 is 5.73 Å². The van der Waals surface area contributed by atoms with E-state index in [0.29, 0.717) is 6.61 Å². The van der Waals surface area contributed by atoms with E-state index < -0.39 is 18.2 Å². The zero-order valence-electron chi connectivity index (χ0n) is 7.90. The summed E-state index contributed by atoms with van der Waals surface area (Å²) >= 11 is 0. The third-order valence-electron chi connectivity index (χ3n) is 1.82. The normalized spacial score (nSPS) is 41.5. The van der Waals surface area contributed by atoms with E-state index in [1.807, 2.05) is 13.8 Å². The molecule has 1 fully saturated rings. The standard InChI is InChI=1S/C6H13NO3.C2H6/c1-3-5(8)6(9)4(7)2-10-3;1-2/h3-6,8-9H,2,7H2,1H3;1-2H3/t3-,4-,5?,6?;/m0./s1. The molecular weight excluding hydrogens is 158 g/mol. The lowest BCUT2D eigenvalue weighted by Gasteiger charge is -2.33. The van der Waals surface area contributed by atoms with E-state index in [2.05, 4.69) is 0 Å². The van der Waals surface area contributed by atoms with Crippen molar-refractivity contribution in [1.29, 1.82) is 0 Å². The number of aliphatic hydroxyl groups excluding tert-OH is 2. The average Bonchev–Trinajstić information content (AvgIpc) is 2.12. The van der Waals surface area contributed by atoms with Gasteiger partial charge in [-0.25, -0.2) is 0 Å². The molecule has 1 saturated heterocycles. The van der Waals surface area contributed by atoms with Crippen molar-refractivity contribution in [3.63, 3.8) is 0 Å². The third-order valence-corrected chi connectivity index (χ3v) is 1.82. The van der Waals surface area contributed by atoms with Gasteiger partial charge in [0.25, 0.3) is 0 Å². The van der Waals surface area contributed by atoms with Gasteiger partial charge in [-0.1, -0.05) is 13.8 Å². The molecule has 4 atom stereocenters. The van der Waals surface area contributed by atoms with Crippen LogP contribution in [0.25, 0.3) is 0 Å². The molecule has 4 heteroatoms. The molecule has 4 N–H and O–H groups in total. The summed E-state index contributed by atoms with van der Waals surface area (Å²) in [6, 6.07) is -0.453. The summed E-state index contributed by atoms with van der Waals surface area (Å²) in [6.07, 6.45) is -2.00. The van der Waals surface area contributed by atoms with Gasteiger partial charge in [-0.3, -0.25) is 0 Å². The summed E-state index contributed by atoms with van der Waals surface area (Å²) in [5.41, 5.74) is 5.40. The Hall–Kier alpha value is -0.160. The van der Waals surface area contributed by atoms with Crippen LogP contribution in [-0.2, 0) is 4.74 Å². The second-order valence-electron chi connectivity index (χ2n) is 2.68. The van der Waals surface area contributed by atoms with Crippen LogP contribution in [0.1, 0.15) is 20.8 Å². The zero-order valence-corrected chi connectivity index (χ0v) is 7.90. The summed E-state index contributed by atoms with van der Waals surface area (Å²) in [5.74, 6) is 0. The molecule has 0 aromatic carbocycles. The predicted molar refractivity (Wildman–Crippen MR) is 46.8 cm³/mol. The maximum atomic E-state index is 9.16. The first-order valence-electron chi connectivity index (χ1n) is 4.36. The van der Waals surface area contributed by atoms with Gasteiger partial charge in [-0.05, 0) is 6.92 Å². The summed E-state index contributed by atoms with van der Waals surface area (Å²) < 4.78 is 5.04. The smallest absolute Gasteiger partial charge is 0.107 e. The largest absolute Gasteiger partial charge is 0.389 e. The van der Waals surface area contributed by atoms with Gasteiger partial charge in [-0.15, -0.1) is 0 Å². The molecule has 1 aliphatic heterocycles. The first kappa shape index (κ1) is 11.8. The molecule has 74 valence electrons. The van der Waals surface area contributed by atoms with E-state index in [1.165, 1.54) is 0 Å². The van der Waals surface area contributed by atoms with Crippen molar-refractivity contribution >= 4 is 0 Å². The fourth-order valence-electron chi connectivity index (χ4n) is 0.991. The highest BCUT2D eigenvalue weighted by molar-refractivity contribution is 4.86. The van der Waals surface area contributed by atoms with Gasteiger partial charge in [0.15, 0.2) is 0 Å². The van der Waals surface area contributed by atoms with Crippen molar-refractivity contribution in [2.45, 2.75) is 45.1 Å². The molecule has 0 bridgehead atoms. The van der Waals surface area contributed by atoms with E-state index >= 15 is 0 Å². The number of hydrogen-bond acceptors (Lipinski definition) is 4. The van der Waals surface area contributed by atoms with Gasteiger partial charge < -0.3 is 20.7 Å². The number of ether oxygens (including phenoxy) is 1. The Morgan fingerprint density at radius 1 is 1.25 bits per heavy atom. The predicted octanol–water partition coefficient (Wildman–Crippen LogP) is -0.520. The molecule has 0 aliphatic carbocycles. The van der Waals surface area contributed by atoms with Crippen LogP contribution in [0.4, 0.5) is 0 Å². The molecule has 4 nitrogen and oxygen atoms in total. The Morgan fingerprint density at radius 3 is 2.17 bits per heavy atom. The first-order chi connectivity index (χ1) is 5.63. The van der Waals surface area contributed by atoms with E-state index in [0.717, 1.165) is 0 Å². The zero-order chi connectivity index (χ0) is 9.72. The lowest BCUT2D eigenvalue weighted by atomic mass is 10.0. The van der Waals surface area contributed by atoms with Crippen LogP contribution in [0, 0.1) is 0 Å². The Bertz CT molecular complexity index is 107. The Kier molecular flexibility index (Phi) is 5.41. The monoisotopic (exact) mass is 177 g/mol.